The van der Waals surface area contributed by atoms with E-state index in [1.54, 1.807) is 0 Å². The van der Waals surface area contributed by atoms with Gasteiger partial charge in [-0.15, -0.1) is 0 Å². The van der Waals surface area contributed by atoms with Crippen molar-refractivity contribution in [2.75, 3.05) is 0 Å². The van der Waals surface area contributed by atoms with Crippen LogP contribution < -0.4 is 0 Å². The highest BCUT2D eigenvalue weighted by molar-refractivity contribution is 5.24. The van der Waals surface area contributed by atoms with E-state index in [9.17, 15) is 0 Å². The zero-order chi connectivity index (χ0) is 11.3. The van der Waals surface area contributed by atoms with E-state index in [0.29, 0.717) is 5.92 Å². The van der Waals surface area contributed by atoms with Gasteiger partial charge in [0.15, 0.2) is 0 Å². The lowest BCUT2D eigenvalue weighted by Crippen LogP contribution is -1.92. The lowest BCUT2D eigenvalue weighted by Gasteiger charge is -2.10. The molecule has 0 fully saturated rings. The van der Waals surface area contributed by atoms with Gasteiger partial charge >= 0.3 is 0 Å². The molecule has 0 spiro atoms. The highest BCUT2D eigenvalue weighted by atomic mass is 14.1. The Kier molecular flexibility index (Phi) is 6.80. The molecule has 0 heteroatoms. The molecule has 1 atom stereocenters. The van der Waals surface area contributed by atoms with E-state index in [0.717, 1.165) is 0 Å². The fourth-order valence-electron chi connectivity index (χ4n) is 1.68. The number of aryl methyl sites for hydroxylation is 1. The van der Waals surface area contributed by atoms with Gasteiger partial charge < -0.3 is 0 Å². The molecule has 0 unspecified atom stereocenters. The quantitative estimate of drug-likeness (QED) is 0.587. The van der Waals surface area contributed by atoms with Gasteiger partial charge in [-0.25, -0.2) is 0 Å². The fourth-order valence-corrected chi connectivity index (χ4v) is 1.68. The summed E-state index contributed by atoms with van der Waals surface area (Å²) in [4.78, 5) is 0. The molecule has 1 aromatic rings. The first-order chi connectivity index (χ1) is 7.09. The smallest absolute Gasteiger partial charge is 0.0187 e. The van der Waals surface area contributed by atoms with Crippen LogP contribution in [0.4, 0.5) is 0 Å². The van der Waals surface area contributed by atoms with Crippen LogP contribution in [0.25, 0.3) is 0 Å². The summed E-state index contributed by atoms with van der Waals surface area (Å²) in [5.74, 6) is 0.668. The Morgan fingerprint density at radius 1 is 1.19 bits per heavy atom. The van der Waals surface area contributed by atoms with Crippen LogP contribution in [-0.2, 0) is 0 Å². The van der Waals surface area contributed by atoms with Crippen molar-refractivity contribution in [1.29, 1.82) is 0 Å². The maximum absolute atomic E-state index is 2.32. The summed E-state index contributed by atoms with van der Waals surface area (Å²) in [7, 11) is 0. The van der Waals surface area contributed by atoms with E-state index in [-0.39, 0.29) is 7.43 Å². The minimum Gasteiger partial charge on any atom is -0.0859 e. The SMILES string of the molecule is C.CC(C)=CCC[C@@H](C)c1ccc(C)cc1. The first-order valence-corrected chi connectivity index (χ1v) is 5.79. The Bertz CT molecular complexity index is 312. The first kappa shape index (κ1) is 15.0. The van der Waals surface area contributed by atoms with Crippen LogP contribution in [0.3, 0.4) is 0 Å². The molecule has 90 valence electrons. The Morgan fingerprint density at radius 3 is 2.25 bits per heavy atom. The van der Waals surface area contributed by atoms with Gasteiger partial charge in [0, 0.05) is 0 Å². The van der Waals surface area contributed by atoms with E-state index in [1.165, 1.54) is 29.5 Å². The molecule has 0 saturated carbocycles. The van der Waals surface area contributed by atoms with E-state index in [1.807, 2.05) is 0 Å². The zero-order valence-electron chi connectivity index (χ0n) is 10.4. The largest absolute Gasteiger partial charge is 0.0859 e. The summed E-state index contributed by atoms with van der Waals surface area (Å²) in [5.41, 5.74) is 4.23. The molecular weight excluding hydrogens is 192 g/mol. The van der Waals surface area contributed by atoms with Crippen molar-refractivity contribution in [2.45, 2.75) is 53.9 Å². The summed E-state index contributed by atoms with van der Waals surface area (Å²) < 4.78 is 0. The van der Waals surface area contributed by atoms with Crippen molar-refractivity contribution < 1.29 is 0 Å². The monoisotopic (exact) mass is 218 g/mol. The first-order valence-electron chi connectivity index (χ1n) is 5.79. The molecule has 0 bridgehead atoms. The summed E-state index contributed by atoms with van der Waals surface area (Å²) in [6, 6.07) is 8.91. The number of hydrogen-bond donors (Lipinski definition) is 0. The van der Waals surface area contributed by atoms with Crippen LogP contribution in [0.15, 0.2) is 35.9 Å². The summed E-state index contributed by atoms with van der Waals surface area (Å²) in [6.45, 7) is 8.77. The normalized spacial score (nSPS) is 11.5. The van der Waals surface area contributed by atoms with Gasteiger partial charge in [-0.05, 0) is 45.1 Å². The predicted molar refractivity (Wildman–Crippen MR) is 75.0 cm³/mol. The molecule has 0 aliphatic heterocycles. The van der Waals surface area contributed by atoms with Gasteiger partial charge in [0.05, 0.1) is 0 Å². The highest BCUT2D eigenvalue weighted by Gasteiger charge is 2.03. The molecule has 0 amide bonds. The van der Waals surface area contributed by atoms with Crippen molar-refractivity contribution >= 4 is 0 Å². The van der Waals surface area contributed by atoms with E-state index >= 15 is 0 Å². The van der Waals surface area contributed by atoms with Crippen LogP contribution in [0, 0.1) is 6.92 Å². The Morgan fingerprint density at radius 2 is 1.75 bits per heavy atom. The third-order valence-electron chi connectivity index (χ3n) is 2.80. The zero-order valence-corrected chi connectivity index (χ0v) is 10.4. The van der Waals surface area contributed by atoms with Gasteiger partial charge in [0.1, 0.15) is 0 Å². The summed E-state index contributed by atoms with van der Waals surface area (Å²) in [6.07, 6.45) is 4.76. The minimum absolute atomic E-state index is 0. The van der Waals surface area contributed by atoms with Gasteiger partial charge in [-0.1, -0.05) is 55.8 Å². The maximum Gasteiger partial charge on any atom is -0.0187 e. The fraction of sp³-hybridized carbons (Fsp3) is 0.500. The van der Waals surface area contributed by atoms with Gasteiger partial charge in [-0.2, -0.15) is 0 Å². The second-order valence-corrected chi connectivity index (χ2v) is 4.67. The van der Waals surface area contributed by atoms with Gasteiger partial charge in [0.2, 0.25) is 0 Å². The van der Waals surface area contributed by atoms with E-state index in [2.05, 4.69) is 58.0 Å². The predicted octanol–water partition coefficient (Wildman–Crippen LogP) is 5.48. The van der Waals surface area contributed by atoms with Crippen LogP contribution in [0.5, 0.6) is 0 Å². The van der Waals surface area contributed by atoms with Gasteiger partial charge in [-0.3, -0.25) is 0 Å². The second kappa shape index (κ2) is 7.27. The molecule has 0 aliphatic rings. The molecule has 1 rings (SSSR count). The summed E-state index contributed by atoms with van der Waals surface area (Å²) in [5, 5.41) is 0. The number of rotatable bonds is 4. The minimum atomic E-state index is 0. The third-order valence-corrected chi connectivity index (χ3v) is 2.80. The molecular formula is C16H26. The topological polar surface area (TPSA) is 0 Å². The molecule has 0 aliphatic carbocycles. The van der Waals surface area contributed by atoms with Crippen molar-refractivity contribution in [1.82, 2.24) is 0 Å². The average Bonchev–Trinajstić information content (AvgIpc) is 2.18. The van der Waals surface area contributed by atoms with Crippen molar-refractivity contribution in [3.63, 3.8) is 0 Å². The Balaban J connectivity index is 0.00000225. The summed E-state index contributed by atoms with van der Waals surface area (Å²) >= 11 is 0. The molecule has 0 heterocycles. The van der Waals surface area contributed by atoms with E-state index < -0.39 is 0 Å². The van der Waals surface area contributed by atoms with E-state index in [4.69, 9.17) is 0 Å². The lowest BCUT2D eigenvalue weighted by molar-refractivity contribution is 0.689. The van der Waals surface area contributed by atoms with Crippen molar-refractivity contribution in [3.05, 3.63) is 47.0 Å². The molecule has 0 saturated heterocycles. The Labute approximate surface area is 101 Å². The lowest BCUT2D eigenvalue weighted by atomic mass is 9.95. The van der Waals surface area contributed by atoms with Crippen LogP contribution >= 0.6 is 0 Å². The maximum atomic E-state index is 2.32. The number of benzene rings is 1. The standard InChI is InChI=1S/C15H22.CH4/c1-12(2)6-5-7-14(4)15-10-8-13(3)9-11-15;/h6,8-11,14H,5,7H2,1-4H3;1H4/t14-;/m1./s1. The van der Waals surface area contributed by atoms with Gasteiger partial charge in [0.25, 0.3) is 0 Å². The van der Waals surface area contributed by atoms with Crippen LogP contribution in [0.2, 0.25) is 0 Å². The molecule has 1 aromatic carbocycles. The van der Waals surface area contributed by atoms with Crippen LogP contribution in [0.1, 0.15) is 58.1 Å². The molecule has 0 aromatic heterocycles. The van der Waals surface area contributed by atoms with Crippen LogP contribution in [-0.4, -0.2) is 0 Å². The second-order valence-electron chi connectivity index (χ2n) is 4.67. The van der Waals surface area contributed by atoms with Crippen molar-refractivity contribution in [2.24, 2.45) is 0 Å². The highest BCUT2D eigenvalue weighted by Crippen LogP contribution is 2.21. The molecule has 0 nitrogen and oxygen atoms in total. The Hall–Kier alpha value is -1.04. The average molecular weight is 218 g/mol. The number of allylic oxidation sites excluding steroid dienone is 2. The third kappa shape index (κ3) is 5.16. The molecule has 0 N–H and O–H groups in total. The molecule has 0 radical (unpaired) electrons. The molecule has 16 heavy (non-hydrogen) atoms. The van der Waals surface area contributed by atoms with Crippen molar-refractivity contribution in [3.8, 4) is 0 Å². The number of hydrogen-bond acceptors (Lipinski definition) is 0.